The lowest BCUT2D eigenvalue weighted by molar-refractivity contribution is -0.141. The summed E-state index contributed by atoms with van der Waals surface area (Å²) in [7, 11) is 1.29. The molecule has 0 fully saturated rings. The fourth-order valence-electron chi connectivity index (χ4n) is 1.77. The molecule has 0 spiro atoms. The van der Waals surface area contributed by atoms with Crippen LogP contribution in [0.3, 0.4) is 0 Å². The first kappa shape index (κ1) is 15.8. The minimum absolute atomic E-state index is 0.0455. The Morgan fingerprint density at radius 1 is 1.30 bits per heavy atom. The average molecular weight is 281 g/mol. The highest BCUT2D eigenvalue weighted by Crippen LogP contribution is 2.25. The molecule has 1 aromatic rings. The van der Waals surface area contributed by atoms with Gasteiger partial charge < -0.3 is 20.3 Å². The Morgan fingerprint density at radius 2 is 2.00 bits per heavy atom. The molecule has 1 aromatic carbocycles. The number of benzene rings is 1. The van der Waals surface area contributed by atoms with Crippen LogP contribution in [0.15, 0.2) is 18.2 Å². The summed E-state index contributed by atoms with van der Waals surface area (Å²) < 4.78 is 4.60. The van der Waals surface area contributed by atoms with E-state index in [4.69, 9.17) is 0 Å². The van der Waals surface area contributed by atoms with Crippen LogP contribution in [0.2, 0.25) is 0 Å². The van der Waals surface area contributed by atoms with Crippen LogP contribution in [-0.4, -0.2) is 35.2 Å². The average Bonchev–Trinajstić information content (AvgIpc) is 2.42. The van der Waals surface area contributed by atoms with Gasteiger partial charge >= 0.3 is 5.97 Å². The molecular weight excluding hydrogens is 262 g/mol. The number of aromatic hydroxyl groups is 2. The van der Waals surface area contributed by atoms with Crippen LogP contribution in [0.5, 0.6) is 11.5 Å². The van der Waals surface area contributed by atoms with Gasteiger partial charge in [-0.05, 0) is 24.1 Å². The number of rotatable bonds is 6. The van der Waals surface area contributed by atoms with Crippen molar-refractivity contribution in [2.24, 2.45) is 0 Å². The third kappa shape index (κ3) is 4.79. The molecule has 0 aliphatic rings. The molecule has 0 saturated carbocycles. The van der Waals surface area contributed by atoms with Gasteiger partial charge in [0.25, 0.3) is 0 Å². The molecule has 0 aromatic heterocycles. The van der Waals surface area contributed by atoms with Gasteiger partial charge in [-0.15, -0.1) is 0 Å². The quantitative estimate of drug-likeness (QED) is 0.536. The largest absolute Gasteiger partial charge is 0.504 e. The number of carbonyl (C=O) groups excluding carboxylic acids is 2. The van der Waals surface area contributed by atoms with Crippen LogP contribution in [0, 0.1) is 0 Å². The van der Waals surface area contributed by atoms with Crippen molar-refractivity contribution < 1.29 is 24.5 Å². The smallest absolute Gasteiger partial charge is 0.307 e. The van der Waals surface area contributed by atoms with E-state index in [1.54, 1.807) is 13.0 Å². The summed E-state index contributed by atoms with van der Waals surface area (Å²) in [4.78, 5) is 22.8. The Hall–Kier alpha value is -2.24. The maximum atomic E-state index is 11.5. The molecule has 6 nitrogen and oxygen atoms in total. The standard InChI is InChI=1S/C14H19NO5/c1-3-13(18)15-10(8-14(19)20-2)6-9-4-5-11(16)12(17)7-9/h4-5,7,10,16-17H,3,6,8H2,1-2H3,(H,15,18). The zero-order chi connectivity index (χ0) is 15.1. The molecule has 0 aliphatic carbocycles. The van der Waals surface area contributed by atoms with Crippen molar-refractivity contribution in [2.75, 3.05) is 7.11 Å². The predicted octanol–water partition coefficient (Wildman–Crippen LogP) is 1.10. The minimum Gasteiger partial charge on any atom is -0.504 e. The number of hydrogen-bond donors (Lipinski definition) is 3. The SMILES string of the molecule is CCC(=O)NC(CC(=O)OC)Cc1ccc(O)c(O)c1. The van der Waals surface area contributed by atoms with Crippen molar-refractivity contribution in [3.05, 3.63) is 23.8 Å². The van der Waals surface area contributed by atoms with E-state index in [0.29, 0.717) is 18.4 Å². The Morgan fingerprint density at radius 3 is 2.55 bits per heavy atom. The second-order valence-corrected chi connectivity index (χ2v) is 4.43. The van der Waals surface area contributed by atoms with E-state index < -0.39 is 12.0 Å². The van der Waals surface area contributed by atoms with Gasteiger partial charge in [-0.3, -0.25) is 9.59 Å². The van der Waals surface area contributed by atoms with E-state index in [9.17, 15) is 19.8 Å². The highest BCUT2D eigenvalue weighted by molar-refractivity contribution is 5.77. The summed E-state index contributed by atoms with van der Waals surface area (Å²) >= 11 is 0. The van der Waals surface area contributed by atoms with Crippen LogP contribution in [0.1, 0.15) is 25.3 Å². The lowest BCUT2D eigenvalue weighted by Crippen LogP contribution is -2.37. The second kappa shape index (κ2) is 7.37. The van der Waals surface area contributed by atoms with Gasteiger partial charge in [0.2, 0.25) is 5.91 Å². The lowest BCUT2D eigenvalue weighted by Gasteiger charge is -2.17. The number of carbonyl (C=O) groups is 2. The van der Waals surface area contributed by atoms with Gasteiger partial charge in [0.1, 0.15) is 0 Å². The van der Waals surface area contributed by atoms with E-state index in [-0.39, 0.29) is 23.8 Å². The molecule has 110 valence electrons. The van der Waals surface area contributed by atoms with Crippen molar-refractivity contribution in [3.8, 4) is 11.5 Å². The molecule has 0 radical (unpaired) electrons. The first-order valence-corrected chi connectivity index (χ1v) is 6.33. The number of esters is 1. The molecule has 0 heterocycles. The van der Waals surface area contributed by atoms with E-state index in [1.807, 2.05) is 0 Å². The summed E-state index contributed by atoms with van der Waals surface area (Å²) in [6.07, 6.45) is 0.719. The van der Waals surface area contributed by atoms with Gasteiger partial charge in [0.15, 0.2) is 11.5 Å². The lowest BCUT2D eigenvalue weighted by atomic mass is 10.0. The fourth-order valence-corrected chi connectivity index (χ4v) is 1.77. The highest BCUT2D eigenvalue weighted by atomic mass is 16.5. The van der Waals surface area contributed by atoms with Crippen LogP contribution < -0.4 is 5.32 Å². The van der Waals surface area contributed by atoms with E-state index >= 15 is 0 Å². The Labute approximate surface area is 117 Å². The summed E-state index contributed by atoms with van der Waals surface area (Å²) in [5.74, 6) is -1.03. The number of hydrogen-bond acceptors (Lipinski definition) is 5. The Balaban J connectivity index is 2.78. The van der Waals surface area contributed by atoms with Crippen LogP contribution in [0.4, 0.5) is 0 Å². The number of ether oxygens (including phenoxy) is 1. The van der Waals surface area contributed by atoms with Crippen molar-refractivity contribution in [2.45, 2.75) is 32.2 Å². The zero-order valence-electron chi connectivity index (χ0n) is 11.5. The maximum absolute atomic E-state index is 11.5. The molecule has 1 atom stereocenters. The second-order valence-electron chi connectivity index (χ2n) is 4.43. The number of methoxy groups -OCH3 is 1. The third-order valence-corrected chi connectivity index (χ3v) is 2.85. The molecule has 0 bridgehead atoms. The molecular formula is C14H19NO5. The number of nitrogens with one attached hydrogen (secondary N) is 1. The molecule has 0 saturated heterocycles. The monoisotopic (exact) mass is 281 g/mol. The summed E-state index contributed by atoms with van der Waals surface area (Å²) in [6, 6.07) is 3.97. The number of amides is 1. The van der Waals surface area contributed by atoms with Gasteiger partial charge in [-0.2, -0.15) is 0 Å². The van der Waals surface area contributed by atoms with Gasteiger partial charge in [-0.25, -0.2) is 0 Å². The first-order valence-electron chi connectivity index (χ1n) is 6.33. The van der Waals surface area contributed by atoms with Gasteiger partial charge in [0, 0.05) is 12.5 Å². The van der Waals surface area contributed by atoms with Crippen LogP contribution >= 0.6 is 0 Å². The van der Waals surface area contributed by atoms with E-state index in [2.05, 4.69) is 10.1 Å². The third-order valence-electron chi connectivity index (χ3n) is 2.85. The summed E-state index contributed by atoms with van der Waals surface area (Å²) in [6.45, 7) is 1.72. The van der Waals surface area contributed by atoms with Gasteiger partial charge in [0.05, 0.1) is 13.5 Å². The normalized spacial score (nSPS) is 11.7. The minimum atomic E-state index is -0.422. The first-order chi connectivity index (χ1) is 9.46. The number of phenols is 2. The summed E-state index contributed by atoms with van der Waals surface area (Å²) in [5.41, 5.74) is 0.700. The molecule has 0 aliphatic heterocycles. The maximum Gasteiger partial charge on any atom is 0.307 e. The fraction of sp³-hybridized carbons (Fsp3) is 0.429. The van der Waals surface area contributed by atoms with Crippen molar-refractivity contribution in [3.63, 3.8) is 0 Å². The molecule has 1 unspecified atom stereocenters. The molecule has 20 heavy (non-hydrogen) atoms. The molecule has 1 rings (SSSR count). The zero-order valence-corrected chi connectivity index (χ0v) is 11.5. The topological polar surface area (TPSA) is 95.9 Å². The van der Waals surface area contributed by atoms with Crippen LogP contribution in [0.25, 0.3) is 0 Å². The predicted molar refractivity (Wildman–Crippen MR) is 72.3 cm³/mol. The number of phenolic OH excluding ortho intramolecular Hbond substituents is 2. The molecule has 6 heteroatoms. The van der Waals surface area contributed by atoms with Crippen molar-refractivity contribution in [1.82, 2.24) is 5.32 Å². The van der Waals surface area contributed by atoms with Crippen molar-refractivity contribution in [1.29, 1.82) is 0 Å². The Bertz CT molecular complexity index is 468. The van der Waals surface area contributed by atoms with E-state index in [1.165, 1.54) is 19.2 Å². The highest BCUT2D eigenvalue weighted by Gasteiger charge is 2.17. The van der Waals surface area contributed by atoms with Gasteiger partial charge in [-0.1, -0.05) is 13.0 Å². The van der Waals surface area contributed by atoms with Crippen LogP contribution in [-0.2, 0) is 20.7 Å². The van der Waals surface area contributed by atoms with Crippen molar-refractivity contribution >= 4 is 11.9 Å². The van der Waals surface area contributed by atoms with E-state index in [0.717, 1.165) is 0 Å². The molecule has 3 N–H and O–H groups in total. The molecule has 1 amide bonds. The Kier molecular flexibility index (Phi) is 5.83. The summed E-state index contributed by atoms with van der Waals surface area (Å²) in [5, 5.41) is 21.4.